The molecule has 0 aliphatic carbocycles. The van der Waals surface area contributed by atoms with Gasteiger partial charge in [0.05, 0.1) is 11.4 Å². The SMILES string of the molecule is CC(C)(C)OC(=O)N1CCC(Oc2cc(N3CCc4cc(S(C)(=O)=O)ccc43)ncn2)C(F)C1. The van der Waals surface area contributed by atoms with E-state index in [9.17, 15) is 17.6 Å². The van der Waals surface area contributed by atoms with Crippen LogP contribution in [0.2, 0.25) is 0 Å². The Morgan fingerprint density at radius 2 is 1.94 bits per heavy atom. The number of aromatic nitrogens is 2. The van der Waals surface area contributed by atoms with Crippen LogP contribution in [0.15, 0.2) is 35.5 Å². The highest BCUT2D eigenvalue weighted by Crippen LogP contribution is 2.35. The van der Waals surface area contributed by atoms with E-state index in [1.807, 2.05) is 4.90 Å². The van der Waals surface area contributed by atoms with E-state index >= 15 is 0 Å². The number of piperidine rings is 1. The summed E-state index contributed by atoms with van der Waals surface area (Å²) in [5.74, 6) is 0.821. The van der Waals surface area contributed by atoms with E-state index in [1.165, 1.54) is 17.5 Å². The minimum absolute atomic E-state index is 0.111. The van der Waals surface area contributed by atoms with Crippen LogP contribution < -0.4 is 9.64 Å². The molecule has 0 bridgehead atoms. The van der Waals surface area contributed by atoms with Crippen LogP contribution in [0.1, 0.15) is 32.8 Å². The van der Waals surface area contributed by atoms with Crippen LogP contribution in [-0.2, 0) is 21.0 Å². The van der Waals surface area contributed by atoms with Gasteiger partial charge in [0, 0.05) is 37.5 Å². The van der Waals surface area contributed by atoms with Gasteiger partial charge < -0.3 is 19.3 Å². The third-order valence-electron chi connectivity index (χ3n) is 5.68. The maximum absolute atomic E-state index is 14.8. The maximum atomic E-state index is 14.8. The molecule has 3 heterocycles. The van der Waals surface area contributed by atoms with Crippen molar-refractivity contribution in [2.45, 2.75) is 56.4 Å². The van der Waals surface area contributed by atoms with Gasteiger partial charge in [-0.1, -0.05) is 0 Å². The zero-order chi connectivity index (χ0) is 24.7. The molecule has 4 rings (SSSR count). The number of hydrogen-bond donors (Lipinski definition) is 0. The van der Waals surface area contributed by atoms with Crippen LogP contribution in [0.25, 0.3) is 0 Å². The zero-order valence-electron chi connectivity index (χ0n) is 19.7. The molecule has 34 heavy (non-hydrogen) atoms. The van der Waals surface area contributed by atoms with Crippen molar-refractivity contribution in [2.75, 3.05) is 30.8 Å². The van der Waals surface area contributed by atoms with Crippen LogP contribution in [0.4, 0.5) is 20.7 Å². The van der Waals surface area contributed by atoms with Gasteiger partial charge in [-0.2, -0.15) is 0 Å². The molecule has 0 N–H and O–H groups in total. The van der Waals surface area contributed by atoms with E-state index in [0.29, 0.717) is 31.7 Å². The number of sulfone groups is 1. The lowest BCUT2D eigenvalue weighted by Gasteiger charge is -2.35. The lowest BCUT2D eigenvalue weighted by atomic mass is 10.1. The van der Waals surface area contributed by atoms with Crippen molar-refractivity contribution >= 4 is 27.4 Å². The predicted molar refractivity (Wildman–Crippen MR) is 124 cm³/mol. The fourth-order valence-electron chi connectivity index (χ4n) is 4.05. The normalized spacial score (nSPS) is 20.7. The summed E-state index contributed by atoms with van der Waals surface area (Å²) in [4.78, 5) is 24.3. The number of carbonyl (C=O) groups is 1. The largest absolute Gasteiger partial charge is 0.471 e. The Hall–Kier alpha value is -2.95. The summed E-state index contributed by atoms with van der Waals surface area (Å²) >= 11 is 0. The molecule has 9 nitrogen and oxygen atoms in total. The Bertz CT molecular complexity index is 1180. The fourth-order valence-corrected chi connectivity index (χ4v) is 4.72. The lowest BCUT2D eigenvalue weighted by Crippen LogP contribution is -2.50. The van der Waals surface area contributed by atoms with Crippen LogP contribution in [-0.4, -0.2) is 73.1 Å². The zero-order valence-corrected chi connectivity index (χ0v) is 20.5. The van der Waals surface area contributed by atoms with Crippen molar-refractivity contribution in [1.82, 2.24) is 14.9 Å². The Labute approximate surface area is 198 Å². The van der Waals surface area contributed by atoms with E-state index in [1.54, 1.807) is 45.0 Å². The van der Waals surface area contributed by atoms with Gasteiger partial charge in [0.25, 0.3) is 0 Å². The number of ether oxygens (including phenoxy) is 2. The second kappa shape index (κ2) is 9.01. The number of carbonyl (C=O) groups excluding carboxylic acids is 1. The molecule has 2 aromatic rings. The van der Waals surface area contributed by atoms with E-state index < -0.39 is 33.8 Å². The van der Waals surface area contributed by atoms with Crippen LogP contribution in [0.3, 0.4) is 0 Å². The standard InChI is InChI=1S/C23H29FN4O5S/c1-23(2,3)33-22(29)27-9-8-19(17(24)13-27)32-21-12-20(25-14-26-21)28-10-7-15-11-16(34(4,30)31)5-6-18(15)28/h5-6,11-12,14,17,19H,7-10,13H2,1-4H3. The first-order valence-corrected chi connectivity index (χ1v) is 13.0. The smallest absolute Gasteiger partial charge is 0.410 e. The molecule has 184 valence electrons. The molecular weight excluding hydrogens is 463 g/mol. The first kappa shape index (κ1) is 24.2. The van der Waals surface area contributed by atoms with Crippen molar-refractivity contribution in [3.63, 3.8) is 0 Å². The van der Waals surface area contributed by atoms with Gasteiger partial charge in [-0.05, 0) is 51.0 Å². The molecular formula is C23H29FN4O5S. The minimum Gasteiger partial charge on any atom is -0.471 e. The van der Waals surface area contributed by atoms with Gasteiger partial charge in [0.15, 0.2) is 16.0 Å². The van der Waals surface area contributed by atoms with Crippen LogP contribution in [0, 0.1) is 0 Å². The van der Waals surface area contributed by atoms with Gasteiger partial charge in [0.1, 0.15) is 23.9 Å². The molecule has 2 atom stereocenters. The number of hydrogen-bond acceptors (Lipinski definition) is 8. The summed E-state index contributed by atoms with van der Waals surface area (Å²) < 4.78 is 49.7. The van der Waals surface area contributed by atoms with Crippen molar-refractivity contribution in [1.29, 1.82) is 0 Å². The number of rotatable bonds is 4. The average Bonchev–Trinajstić information content (AvgIpc) is 3.17. The topological polar surface area (TPSA) is 102 Å². The molecule has 1 aromatic carbocycles. The highest BCUT2D eigenvalue weighted by Gasteiger charge is 2.35. The number of nitrogens with zero attached hydrogens (tertiary/aromatic N) is 4. The molecule has 1 aromatic heterocycles. The number of benzene rings is 1. The summed E-state index contributed by atoms with van der Waals surface area (Å²) in [5, 5.41) is 0. The Morgan fingerprint density at radius 3 is 2.62 bits per heavy atom. The van der Waals surface area contributed by atoms with Crippen molar-refractivity contribution < 1.29 is 27.1 Å². The number of likely N-dealkylation sites (tertiary alicyclic amines) is 1. The number of amides is 1. The quantitative estimate of drug-likeness (QED) is 0.641. The second-order valence-corrected chi connectivity index (χ2v) is 11.6. The van der Waals surface area contributed by atoms with Gasteiger partial charge in [-0.25, -0.2) is 27.6 Å². The van der Waals surface area contributed by atoms with Crippen molar-refractivity contribution in [2.24, 2.45) is 0 Å². The molecule has 0 saturated carbocycles. The number of anilines is 2. The summed E-state index contributed by atoms with van der Waals surface area (Å²) in [6, 6.07) is 6.69. The fraction of sp³-hybridized carbons (Fsp3) is 0.522. The van der Waals surface area contributed by atoms with Gasteiger partial charge in [0.2, 0.25) is 5.88 Å². The molecule has 1 saturated heterocycles. The second-order valence-electron chi connectivity index (χ2n) is 9.57. The minimum atomic E-state index is -3.29. The third kappa shape index (κ3) is 5.40. The van der Waals surface area contributed by atoms with Crippen LogP contribution >= 0.6 is 0 Å². The molecule has 2 unspecified atom stereocenters. The molecule has 2 aliphatic heterocycles. The third-order valence-corrected chi connectivity index (χ3v) is 6.79. The van der Waals surface area contributed by atoms with Crippen LogP contribution in [0.5, 0.6) is 5.88 Å². The Kier molecular flexibility index (Phi) is 6.41. The monoisotopic (exact) mass is 492 g/mol. The van der Waals surface area contributed by atoms with Gasteiger partial charge >= 0.3 is 6.09 Å². The van der Waals surface area contributed by atoms with E-state index in [4.69, 9.17) is 9.47 Å². The van der Waals surface area contributed by atoms with Gasteiger partial charge in [-0.15, -0.1) is 0 Å². The molecule has 0 spiro atoms. The molecule has 0 radical (unpaired) electrons. The number of fused-ring (bicyclic) bond motifs is 1. The van der Waals surface area contributed by atoms with E-state index in [2.05, 4.69) is 9.97 Å². The van der Waals surface area contributed by atoms with Crippen molar-refractivity contribution in [3.8, 4) is 5.88 Å². The molecule has 11 heteroatoms. The maximum Gasteiger partial charge on any atom is 0.410 e. The molecule has 1 fully saturated rings. The first-order chi connectivity index (χ1) is 15.9. The van der Waals surface area contributed by atoms with E-state index in [-0.39, 0.29) is 17.3 Å². The predicted octanol–water partition coefficient (Wildman–Crippen LogP) is 3.30. The lowest BCUT2D eigenvalue weighted by molar-refractivity contribution is -0.0114. The van der Waals surface area contributed by atoms with Gasteiger partial charge in [-0.3, -0.25) is 0 Å². The Balaban J connectivity index is 1.43. The molecule has 2 aliphatic rings. The summed E-state index contributed by atoms with van der Waals surface area (Å²) in [6.45, 7) is 6.14. The first-order valence-electron chi connectivity index (χ1n) is 11.1. The van der Waals surface area contributed by atoms with E-state index in [0.717, 1.165) is 11.3 Å². The van der Waals surface area contributed by atoms with Crippen molar-refractivity contribution in [3.05, 3.63) is 36.2 Å². The average molecular weight is 493 g/mol. The summed E-state index contributed by atoms with van der Waals surface area (Å²) in [5.41, 5.74) is 1.14. The Morgan fingerprint density at radius 1 is 1.18 bits per heavy atom. The number of alkyl halides is 1. The highest BCUT2D eigenvalue weighted by molar-refractivity contribution is 7.90. The highest BCUT2D eigenvalue weighted by atomic mass is 32.2. The summed E-state index contributed by atoms with van der Waals surface area (Å²) in [7, 11) is -3.29. The summed E-state index contributed by atoms with van der Waals surface area (Å²) in [6.07, 6.45) is 0.855. The number of halogens is 1. The molecule has 1 amide bonds.